The third-order valence-electron chi connectivity index (χ3n) is 2.85. The monoisotopic (exact) mass is 177 g/mol. The molecule has 1 fully saturated rings. The van der Waals surface area contributed by atoms with Gasteiger partial charge in [-0.2, -0.15) is 0 Å². The van der Waals surface area contributed by atoms with Gasteiger partial charge in [-0.1, -0.05) is 6.42 Å². The first-order valence-corrected chi connectivity index (χ1v) is 4.85. The van der Waals surface area contributed by atoms with Gasteiger partial charge in [0.25, 0.3) is 0 Å². The lowest BCUT2D eigenvalue weighted by Crippen LogP contribution is -2.27. The van der Waals surface area contributed by atoms with Crippen LogP contribution in [0.5, 0.6) is 0 Å². The Morgan fingerprint density at radius 3 is 3.00 bits per heavy atom. The molecule has 0 spiro atoms. The number of hydrogen-bond donors (Lipinski definition) is 1. The summed E-state index contributed by atoms with van der Waals surface area (Å²) in [5.74, 6) is 0.568. The van der Waals surface area contributed by atoms with E-state index in [1.165, 1.54) is 19.3 Å². The van der Waals surface area contributed by atoms with Gasteiger partial charge in [-0.3, -0.25) is 9.97 Å². The molecule has 2 atom stereocenters. The summed E-state index contributed by atoms with van der Waals surface area (Å²) < 4.78 is 0. The molecule has 3 nitrogen and oxygen atoms in total. The van der Waals surface area contributed by atoms with Crippen LogP contribution in [0.3, 0.4) is 0 Å². The minimum Gasteiger partial charge on any atom is -0.316 e. The number of nitrogens with zero attached hydrogens (tertiary/aromatic N) is 2. The average molecular weight is 177 g/mol. The molecule has 0 amide bonds. The van der Waals surface area contributed by atoms with E-state index < -0.39 is 0 Å². The van der Waals surface area contributed by atoms with Crippen molar-refractivity contribution in [1.29, 1.82) is 0 Å². The van der Waals surface area contributed by atoms with Crippen molar-refractivity contribution in [2.45, 2.75) is 31.2 Å². The molecule has 0 radical (unpaired) electrons. The molecule has 13 heavy (non-hydrogen) atoms. The summed E-state index contributed by atoms with van der Waals surface area (Å²) in [6.07, 6.45) is 9.20. The van der Waals surface area contributed by atoms with Crippen LogP contribution in [-0.4, -0.2) is 23.1 Å². The number of hydrogen-bond acceptors (Lipinski definition) is 3. The fourth-order valence-electron chi connectivity index (χ4n) is 2.16. The Hall–Kier alpha value is -0.960. The minimum atomic E-state index is 0.568. The minimum absolute atomic E-state index is 0.568. The van der Waals surface area contributed by atoms with Gasteiger partial charge in [0.15, 0.2) is 0 Å². The quantitative estimate of drug-likeness (QED) is 0.740. The van der Waals surface area contributed by atoms with Gasteiger partial charge in [0.05, 0.1) is 5.69 Å². The van der Waals surface area contributed by atoms with E-state index in [-0.39, 0.29) is 0 Å². The Bertz CT molecular complexity index is 260. The van der Waals surface area contributed by atoms with Crippen molar-refractivity contribution in [2.24, 2.45) is 0 Å². The van der Waals surface area contributed by atoms with E-state index in [1.54, 1.807) is 12.4 Å². The number of rotatable bonds is 2. The third-order valence-corrected chi connectivity index (χ3v) is 2.85. The maximum absolute atomic E-state index is 4.36. The van der Waals surface area contributed by atoms with Crippen LogP contribution in [0.25, 0.3) is 0 Å². The molecular weight excluding hydrogens is 162 g/mol. The van der Waals surface area contributed by atoms with E-state index in [2.05, 4.69) is 15.3 Å². The Kier molecular flexibility index (Phi) is 2.54. The molecule has 1 aliphatic rings. The van der Waals surface area contributed by atoms with Crippen molar-refractivity contribution in [1.82, 2.24) is 15.3 Å². The molecule has 1 aliphatic carbocycles. The molecule has 70 valence electrons. The van der Waals surface area contributed by atoms with Gasteiger partial charge in [0, 0.05) is 30.6 Å². The van der Waals surface area contributed by atoms with Crippen molar-refractivity contribution >= 4 is 0 Å². The topological polar surface area (TPSA) is 37.8 Å². The number of aromatic nitrogens is 2. The van der Waals surface area contributed by atoms with Crippen LogP contribution in [0.4, 0.5) is 0 Å². The zero-order valence-corrected chi connectivity index (χ0v) is 7.90. The smallest absolute Gasteiger partial charge is 0.0633 e. The van der Waals surface area contributed by atoms with E-state index in [0.29, 0.717) is 12.0 Å². The summed E-state index contributed by atoms with van der Waals surface area (Å²) in [5, 5.41) is 3.34. The summed E-state index contributed by atoms with van der Waals surface area (Å²) in [4.78, 5) is 8.46. The standard InChI is InChI=1S/C10H15N3/c1-11-9-4-2-3-8(9)10-7-12-5-6-13-10/h5-9,11H,2-4H2,1H3. The maximum Gasteiger partial charge on any atom is 0.0633 e. The number of likely N-dealkylation sites (N-methyl/N-ethyl adjacent to an activating group) is 1. The van der Waals surface area contributed by atoms with Gasteiger partial charge in [0.2, 0.25) is 0 Å². The molecule has 1 aromatic heterocycles. The molecule has 0 aliphatic heterocycles. The summed E-state index contributed by atoms with van der Waals surface area (Å²) in [7, 11) is 2.03. The molecule has 1 saturated carbocycles. The normalized spacial score (nSPS) is 27.8. The molecule has 1 N–H and O–H groups in total. The zero-order chi connectivity index (χ0) is 9.10. The van der Waals surface area contributed by atoms with Gasteiger partial charge in [0.1, 0.15) is 0 Å². The summed E-state index contributed by atoms with van der Waals surface area (Å²) in [6.45, 7) is 0. The van der Waals surface area contributed by atoms with Crippen LogP contribution in [-0.2, 0) is 0 Å². The van der Waals surface area contributed by atoms with Gasteiger partial charge < -0.3 is 5.32 Å². The van der Waals surface area contributed by atoms with Crippen LogP contribution >= 0.6 is 0 Å². The lowest BCUT2D eigenvalue weighted by Gasteiger charge is -2.17. The van der Waals surface area contributed by atoms with Gasteiger partial charge in [-0.25, -0.2) is 0 Å². The van der Waals surface area contributed by atoms with Crippen LogP contribution in [0.15, 0.2) is 18.6 Å². The Balaban J connectivity index is 2.16. The van der Waals surface area contributed by atoms with Crippen molar-refractivity contribution in [3.8, 4) is 0 Å². The fraction of sp³-hybridized carbons (Fsp3) is 0.600. The first-order valence-electron chi connectivity index (χ1n) is 4.85. The Morgan fingerprint density at radius 1 is 1.38 bits per heavy atom. The maximum atomic E-state index is 4.36. The summed E-state index contributed by atoms with van der Waals surface area (Å²) in [5.41, 5.74) is 1.14. The second kappa shape index (κ2) is 3.83. The highest BCUT2D eigenvalue weighted by molar-refractivity contribution is 5.09. The van der Waals surface area contributed by atoms with Gasteiger partial charge >= 0.3 is 0 Å². The Morgan fingerprint density at radius 2 is 2.31 bits per heavy atom. The average Bonchev–Trinajstić information content (AvgIpc) is 2.67. The Labute approximate surface area is 78.6 Å². The molecule has 3 heteroatoms. The van der Waals surface area contributed by atoms with E-state index >= 15 is 0 Å². The van der Waals surface area contributed by atoms with Crippen LogP contribution in [0.1, 0.15) is 30.9 Å². The van der Waals surface area contributed by atoms with Crippen molar-refractivity contribution in [3.63, 3.8) is 0 Å². The molecule has 0 saturated heterocycles. The number of nitrogens with one attached hydrogen (secondary N) is 1. The van der Waals surface area contributed by atoms with Gasteiger partial charge in [-0.05, 0) is 19.9 Å². The second-order valence-corrected chi connectivity index (χ2v) is 3.56. The lowest BCUT2D eigenvalue weighted by atomic mass is 10.0. The van der Waals surface area contributed by atoms with Gasteiger partial charge in [-0.15, -0.1) is 0 Å². The molecule has 1 heterocycles. The summed E-state index contributed by atoms with van der Waals surface area (Å²) in [6, 6.07) is 0.594. The van der Waals surface area contributed by atoms with Crippen molar-refractivity contribution < 1.29 is 0 Å². The first kappa shape index (κ1) is 8.63. The molecule has 0 aromatic carbocycles. The summed E-state index contributed by atoms with van der Waals surface area (Å²) >= 11 is 0. The van der Waals surface area contributed by atoms with E-state index in [9.17, 15) is 0 Å². The van der Waals surface area contributed by atoms with E-state index in [0.717, 1.165) is 5.69 Å². The predicted molar refractivity (Wildman–Crippen MR) is 51.5 cm³/mol. The van der Waals surface area contributed by atoms with E-state index in [4.69, 9.17) is 0 Å². The molecule has 2 rings (SSSR count). The third kappa shape index (κ3) is 1.70. The lowest BCUT2D eigenvalue weighted by molar-refractivity contribution is 0.512. The predicted octanol–water partition coefficient (Wildman–Crippen LogP) is 1.33. The molecular formula is C10H15N3. The zero-order valence-electron chi connectivity index (χ0n) is 7.90. The first-order chi connectivity index (χ1) is 6.42. The van der Waals surface area contributed by atoms with Crippen LogP contribution in [0.2, 0.25) is 0 Å². The van der Waals surface area contributed by atoms with Crippen molar-refractivity contribution in [2.75, 3.05) is 7.05 Å². The largest absolute Gasteiger partial charge is 0.316 e. The molecule has 0 bridgehead atoms. The van der Waals surface area contributed by atoms with Crippen molar-refractivity contribution in [3.05, 3.63) is 24.3 Å². The second-order valence-electron chi connectivity index (χ2n) is 3.56. The highest BCUT2D eigenvalue weighted by Gasteiger charge is 2.28. The highest BCUT2D eigenvalue weighted by atomic mass is 14.9. The highest BCUT2D eigenvalue weighted by Crippen LogP contribution is 2.32. The van der Waals surface area contributed by atoms with Crippen LogP contribution in [0, 0.1) is 0 Å². The molecule has 1 aromatic rings. The SMILES string of the molecule is CNC1CCCC1c1cnccn1. The fourth-order valence-corrected chi connectivity index (χ4v) is 2.16. The van der Waals surface area contributed by atoms with Crippen LogP contribution < -0.4 is 5.32 Å². The van der Waals surface area contributed by atoms with E-state index in [1.807, 2.05) is 13.2 Å². The molecule has 2 unspecified atom stereocenters.